The van der Waals surface area contributed by atoms with E-state index >= 15 is 0 Å². The number of hydrogen-bond donors (Lipinski definition) is 3. The van der Waals surface area contributed by atoms with Gasteiger partial charge in [-0.05, 0) is 29.6 Å². The highest BCUT2D eigenvalue weighted by Crippen LogP contribution is 2.31. The van der Waals surface area contributed by atoms with Crippen LogP contribution in [-0.4, -0.2) is 24.1 Å². The number of methoxy groups -OCH3 is 1. The van der Waals surface area contributed by atoms with E-state index < -0.39 is 17.5 Å². The molecule has 0 aliphatic carbocycles. The van der Waals surface area contributed by atoms with Gasteiger partial charge in [0.2, 0.25) is 0 Å². The minimum atomic E-state index is -1.71. The summed E-state index contributed by atoms with van der Waals surface area (Å²) in [7, 11) is 1.47. The SMILES string of the molecule is COc1ccccc1C(NCc1cccs1)(NC(=O)O)C(=O)Cc1ccco1. The number of ether oxygens (including phenoxy) is 1. The van der Waals surface area contributed by atoms with Gasteiger partial charge in [-0.15, -0.1) is 11.3 Å². The number of Topliss-reactive ketones (excluding diaryl/α,β-unsaturated/α-hetero) is 1. The van der Waals surface area contributed by atoms with Crippen molar-refractivity contribution in [3.8, 4) is 5.75 Å². The summed E-state index contributed by atoms with van der Waals surface area (Å²) in [5.74, 6) is 0.419. The number of furan rings is 1. The number of carboxylic acid groups (broad SMARTS) is 1. The van der Waals surface area contributed by atoms with Crippen LogP contribution in [0.4, 0.5) is 4.79 Å². The monoisotopic (exact) mass is 400 g/mol. The van der Waals surface area contributed by atoms with Crippen LogP contribution < -0.4 is 15.4 Å². The summed E-state index contributed by atoms with van der Waals surface area (Å²) in [6, 6.07) is 14.0. The molecule has 8 heteroatoms. The normalized spacial score (nSPS) is 12.9. The summed E-state index contributed by atoms with van der Waals surface area (Å²) in [4.78, 5) is 26.0. The van der Waals surface area contributed by atoms with Crippen molar-refractivity contribution in [3.63, 3.8) is 0 Å². The molecule has 1 atom stereocenters. The third-order valence-corrected chi connectivity index (χ3v) is 5.12. The van der Waals surface area contributed by atoms with Crippen molar-refractivity contribution >= 4 is 23.2 Å². The number of hydrogen-bond acceptors (Lipinski definition) is 6. The maximum Gasteiger partial charge on any atom is 0.406 e. The van der Waals surface area contributed by atoms with E-state index in [1.165, 1.54) is 24.7 Å². The standard InChI is InChI=1S/C20H20N2O5S/c1-26-17-9-3-2-8-16(17)20(22-19(24)25,21-13-15-7-5-11-28-15)18(23)12-14-6-4-10-27-14/h2-11,21-22H,12-13H2,1H3,(H,24,25). The number of nitrogens with one attached hydrogen (secondary N) is 2. The van der Waals surface area contributed by atoms with Gasteiger partial charge in [0.15, 0.2) is 11.4 Å². The minimum Gasteiger partial charge on any atom is -0.496 e. The van der Waals surface area contributed by atoms with Crippen molar-refractivity contribution in [2.75, 3.05) is 7.11 Å². The third kappa shape index (κ3) is 4.24. The fourth-order valence-corrected chi connectivity index (χ4v) is 3.62. The van der Waals surface area contributed by atoms with Crippen molar-refractivity contribution in [2.45, 2.75) is 18.6 Å². The van der Waals surface area contributed by atoms with E-state index in [0.29, 0.717) is 23.6 Å². The Morgan fingerprint density at radius 2 is 2.00 bits per heavy atom. The second-order valence-corrected chi connectivity index (χ2v) is 7.02. The number of carbonyl (C=O) groups is 2. The predicted octanol–water partition coefficient (Wildman–Crippen LogP) is 3.37. The Morgan fingerprint density at radius 3 is 2.64 bits per heavy atom. The van der Waals surface area contributed by atoms with Gasteiger partial charge in [0, 0.05) is 17.0 Å². The molecule has 2 heterocycles. The number of carbonyl (C=O) groups excluding carboxylic acids is 1. The van der Waals surface area contributed by atoms with Crippen molar-refractivity contribution in [2.24, 2.45) is 0 Å². The Labute approximate surface area is 166 Å². The molecular weight excluding hydrogens is 380 g/mol. The Hall–Kier alpha value is -3.10. The summed E-state index contributed by atoms with van der Waals surface area (Å²) in [5.41, 5.74) is -1.33. The summed E-state index contributed by atoms with van der Waals surface area (Å²) in [6.07, 6.45) is 0.0391. The van der Waals surface area contributed by atoms with Crippen LogP contribution in [0.25, 0.3) is 0 Å². The lowest BCUT2D eigenvalue weighted by molar-refractivity contribution is -0.126. The highest BCUT2D eigenvalue weighted by molar-refractivity contribution is 7.09. The van der Waals surface area contributed by atoms with E-state index in [4.69, 9.17) is 9.15 Å². The van der Waals surface area contributed by atoms with Crippen LogP contribution in [-0.2, 0) is 23.4 Å². The molecule has 1 amide bonds. The molecule has 1 unspecified atom stereocenters. The second kappa shape index (κ2) is 8.73. The Morgan fingerprint density at radius 1 is 1.18 bits per heavy atom. The first-order chi connectivity index (χ1) is 13.5. The molecule has 7 nitrogen and oxygen atoms in total. The first-order valence-electron chi connectivity index (χ1n) is 8.53. The topological polar surface area (TPSA) is 101 Å². The predicted molar refractivity (Wildman–Crippen MR) is 104 cm³/mol. The number of rotatable bonds is 9. The van der Waals surface area contributed by atoms with Crippen LogP contribution >= 0.6 is 11.3 Å². The number of para-hydroxylation sites is 1. The molecule has 0 radical (unpaired) electrons. The van der Waals surface area contributed by atoms with Crippen LogP contribution in [0.15, 0.2) is 64.6 Å². The van der Waals surface area contributed by atoms with Crippen molar-refractivity contribution in [1.29, 1.82) is 0 Å². The zero-order valence-corrected chi connectivity index (χ0v) is 16.0. The Bertz CT molecular complexity index is 924. The molecule has 0 bridgehead atoms. The number of thiophene rings is 1. The lowest BCUT2D eigenvalue weighted by Crippen LogP contribution is -2.61. The van der Waals surface area contributed by atoms with E-state index in [0.717, 1.165) is 4.88 Å². The van der Waals surface area contributed by atoms with E-state index in [-0.39, 0.29) is 6.42 Å². The smallest absolute Gasteiger partial charge is 0.406 e. The van der Waals surface area contributed by atoms with E-state index in [1.54, 1.807) is 36.4 Å². The molecule has 0 saturated heterocycles. The maximum atomic E-state index is 13.4. The van der Waals surface area contributed by atoms with Gasteiger partial charge in [0.05, 0.1) is 19.8 Å². The third-order valence-electron chi connectivity index (χ3n) is 4.25. The van der Waals surface area contributed by atoms with Crippen LogP contribution in [0.1, 0.15) is 16.2 Å². The lowest BCUT2D eigenvalue weighted by Gasteiger charge is -2.34. The van der Waals surface area contributed by atoms with Gasteiger partial charge in [0.1, 0.15) is 11.5 Å². The molecule has 3 rings (SSSR count). The van der Waals surface area contributed by atoms with Crippen LogP contribution in [0.2, 0.25) is 0 Å². The van der Waals surface area contributed by atoms with Gasteiger partial charge < -0.3 is 14.3 Å². The zero-order valence-electron chi connectivity index (χ0n) is 15.2. The molecule has 28 heavy (non-hydrogen) atoms. The molecule has 0 aliphatic heterocycles. The molecule has 146 valence electrons. The molecule has 1 aromatic carbocycles. The average molecular weight is 400 g/mol. The fraction of sp³-hybridized carbons (Fsp3) is 0.200. The maximum absolute atomic E-state index is 13.4. The first kappa shape index (κ1) is 19.7. The molecule has 0 aliphatic rings. The molecule has 0 spiro atoms. The molecule has 3 aromatic rings. The van der Waals surface area contributed by atoms with Crippen LogP contribution in [0.3, 0.4) is 0 Å². The molecule has 3 N–H and O–H groups in total. The molecule has 0 saturated carbocycles. The number of ketones is 1. The second-order valence-electron chi connectivity index (χ2n) is 5.99. The molecule has 2 aromatic heterocycles. The fourth-order valence-electron chi connectivity index (χ4n) is 2.98. The summed E-state index contributed by atoms with van der Waals surface area (Å²) >= 11 is 1.51. The largest absolute Gasteiger partial charge is 0.496 e. The van der Waals surface area contributed by atoms with Gasteiger partial charge >= 0.3 is 6.09 Å². The van der Waals surface area contributed by atoms with E-state index in [9.17, 15) is 14.7 Å². The lowest BCUT2D eigenvalue weighted by atomic mass is 9.91. The zero-order chi connectivity index (χ0) is 20.0. The first-order valence-corrected chi connectivity index (χ1v) is 9.41. The number of benzene rings is 1. The summed E-state index contributed by atoms with van der Waals surface area (Å²) in [6.45, 7) is 0.292. The van der Waals surface area contributed by atoms with Gasteiger partial charge in [-0.3, -0.25) is 15.4 Å². The van der Waals surface area contributed by atoms with Gasteiger partial charge in [-0.2, -0.15) is 0 Å². The van der Waals surface area contributed by atoms with Gasteiger partial charge in [-0.25, -0.2) is 4.79 Å². The van der Waals surface area contributed by atoms with Gasteiger partial charge in [0.25, 0.3) is 0 Å². The highest BCUT2D eigenvalue weighted by atomic mass is 32.1. The average Bonchev–Trinajstić information content (AvgIpc) is 3.38. The van der Waals surface area contributed by atoms with Crippen molar-refractivity contribution < 1.29 is 23.8 Å². The van der Waals surface area contributed by atoms with Crippen LogP contribution in [0.5, 0.6) is 5.75 Å². The quantitative estimate of drug-likeness (QED) is 0.476. The van der Waals surface area contributed by atoms with E-state index in [2.05, 4.69) is 10.6 Å². The van der Waals surface area contributed by atoms with E-state index in [1.807, 2.05) is 17.5 Å². The molecule has 0 fully saturated rings. The van der Waals surface area contributed by atoms with Gasteiger partial charge in [-0.1, -0.05) is 24.3 Å². The Kier molecular flexibility index (Phi) is 6.13. The Balaban J connectivity index is 2.06. The highest BCUT2D eigenvalue weighted by Gasteiger charge is 2.43. The minimum absolute atomic E-state index is 0.0945. The molecular formula is C20H20N2O5S. The van der Waals surface area contributed by atoms with Crippen molar-refractivity contribution in [1.82, 2.24) is 10.6 Å². The van der Waals surface area contributed by atoms with Crippen molar-refractivity contribution in [3.05, 3.63) is 76.4 Å². The van der Waals surface area contributed by atoms with Crippen LogP contribution in [0, 0.1) is 0 Å². The summed E-state index contributed by atoms with van der Waals surface area (Å²) < 4.78 is 10.7. The summed E-state index contributed by atoms with van der Waals surface area (Å²) in [5, 5.41) is 17.0. The number of amides is 1.